The van der Waals surface area contributed by atoms with Crippen LogP contribution in [0.25, 0.3) is 0 Å². The minimum atomic E-state index is -0.922. The van der Waals surface area contributed by atoms with E-state index in [0.29, 0.717) is 11.3 Å². The van der Waals surface area contributed by atoms with Crippen LogP contribution < -0.4 is 9.96 Å². The maximum absolute atomic E-state index is 13.6. The highest BCUT2D eigenvalue weighted by atomic mass is 32.1. The molecular formula is C24H20N2O5S. The van der Waals surface area contributed by atoms with Gasteiger partial charge in [-0.1, -0.05) is 24.3 Å². The van der Waals surface area contributed by atoms with Gasteiger partial charge in [0.15, 0.2) is 6.10 Å². The molecule has 0 spiro atoms. The molecular weight excluding hydrogens is 428 g/mol. The van der Waals surface area contributed by atoms with Crippen LogP contribution in [0.3, 0.4) is 0 Å². The van der Waals surface area contributed by atoms with Crippen LogP contribution in [0.2, 0.25) is 0 Å². The van der Waals surface area contributed by atoms with Crippen LogP contribution in [0.1, 0.15) is 26.8 Å². The molecule has 2 aromatic carbocycles. The van der Waals surface area contributed by atoms with Gasteiger partial charge in [-0.25, -0.2) is 14.8 Å². The third kappa shape index (κ3) is 3.11. The summed E-state index contributed by atoms with van der Waals surface area (Å²) in [5.41, 5.74) is 2.56. The molecule has 2 amide bonds. The molecule has 8 heteroatoms. The lowest BCUT2D eigenvalue weighted by Crippen LogP contribution is -2.37. The Kier molecular flexibility index (Phi) is 5.03. The van der Waals surface area contributed by atoms with Gasteiger partial charge in [0.2, 0.25) is 5.91 Å². The molecule has 0 aliphatic carbocycles. The van der Waals surface area contributed by atoms with Crippen molar-refractivity contribution in [2.75, 3.05) is 17.1 Å². The zero-order chi connectivity index (χ0) is 22.4. The number of ether oxygens (including phenoxy) is 1. The molecule has 0 radical (unpaired) electrons. The van der Waals surface area contributed by atoms with Crippen molar-refractivity contribution in [3.05, 3.63) is 82.0 Å². The molecule has 3 heterocycles. The van der Waals surface area contributed by atoms with Crippen molar-refractivity contribution in [2.45, 2.75) is 19.1 Å². The second-order valence-electron chi connectivity index (χ2n) is 7.67. The number of carbonyl (C=O) groups is 3. The number of amides is 2. The van der Waals surface area contributed by atoms with Crippen LogP contribution in [0.5, 0.6) is 0 Å². The number of methoxy groups -OCH3 is 1. The number of hydrogen-bond acceptors (Lipinski definition) is 7. The summed E-state index contributed by atoms with van der Waals surface area (Å²) in [6.07, 6.45) is -0.922. The summed E-state index contributed by atoms with van der Waals surface area (Å²) in [6, 6.07) is 17.4. The Labute approximate surface area is 188 Å². The van der Waals surface area contributed by atoms with Crippen molar-refractivity contribution >= 4 is 40.5 Å². The molecule has 7 nitrogen and oxygen atoms in total. The van der Waals surface area contributed by atoms with Crippen molar-refractivity contribution in [2.24, 2.45) is 5.92 Å². The number of esters is 1. The first-order valence-electron chi connectivity index (χ1n) is 10.1. The highest BCUT2D eigenvalue weighted by molar-refractivity contribution is 7.10. The average molecular weight is 449 g/mol. The number of hydrogen-bond donors (Lipinski definition) is 0. The topological polar surface area (TPSA) is 76.2 Å². The van der Waals surface area contributed by atoms with E-state index in [0.717, 1.165) is 21.0 Å². The maximum Gasteiger partial charge on any atom is 0.337 e. The molecule has 5 rings (SSSR count). The molecule has 3 aromatic rings. The first kappa shape index (κ1) is 20.4. The standard InChI is InChI=1S/C24H20N2O5S/c1-14-6-3-4-7-17(14)26-20(18-8-5-13-32-18)19-21(31-26)23(28)25(22(19)27)16-11-9-15(10-12-16)24(29)30-2/h3-13,19-21H,1-2H3/t19-,20+,21-/m1/s1. The first-order valence-corrected chi connectivity index (χ1v) is 11.0. The predicted molar refractivity (Wildman–Crippen MR) is 119 cm³/mol. The van der Waals surface area contributed by atoms with Gasteiger partial charge in [-0.05, 0) is 54.3 Å². The van der Waals surface area contributed by atoms with Gasteiger partial charge >= 0.3 is 5.97 Å². The summed E-state index contributed by atoms with van der Waals surface area (Å²) in [7, 11) is 1.30. The second kappa shape index (κ2) is 7.89. The number of benzene rings is 2. The molecule has 32 heavy (non-hydrogen) atoms. The van der Waals surface area contributed by atoms with Crippen molar-refractivity contribution in [1.82, 2.24) is 0 Å². The van der Waals surface area contributed by atoms with Gasteiger partial charge in [-0.3, -0.25) is 14.4 Å². The smallest absolute Gasteiger partial charge is 0.337 e. The highest BCUT2D eigenvalue weighted by Crippen LogP contribution is 2.49. The monoisotopic (exact) mass is 448 g/mol. The van der Waals surface area contributed by atoms with Crippen LogP contribution in [-0.4, -0.2) is 31.0 Å². The normalized spacial score (nSPS) is 22.4. The van der Waals surface area contributed by atoms with E-state index in [1.807, 2.05) is 48.7 Å². The summed E-state index contributed by atoms with van der Waals surface area (Å²) < 4.78 is 4.71. The van der Waals surface area contributed by atoms with E-state index in [1.165, 1.54) is 30.6 Å². The van der Waals surface area contributed by atoms with E-state index in [1.54, 1.807) is 17.2 Å². The van der Waals surface area contributed by atoms with Gasteiger partial charge in [0, 0.05) is 4.88 Å². The summed E-state index contributed by atoms with van der Waals surface area (Å²) in [5.74, 6) is -1.90. The van der Waals surface area contributed by atoms with Gasteiger partial charge in [-0.2, -0.15) is 0 Å². The summed E-state index contributed by atoms with van der Waals surface area (Å²) in [5, 5.41) is 3.66. The number of para-hydroxylation sites is 1. The average Bonchev–Trinajstić information content (AvgIpc) is 3.51. The molecule has 2 fully saturated rings. The Balaban J connectivity index is 1.52. The Morgan fingerprint density at radius 2 is 1.75 bits per heavy atom. The quantitative estimate of drug-likeness (QED) is 0.445. The maximum atomic E-state index is 13.6. The molecule has 0 N–H and O–H groups in total. The van der Waals surface area contributed by atoms with Crippen LogP contribution in [0, 0.1) is 12.8 Å². The molecule has 3 atom stereocenters. The zero-order valence-electron chi connectivity index (χ0n) is 17.4. The number of imide groups is 1. The number of anilines is 2. The van der Waals surface area contributed by atoms with Crippen LogP contribution >= 0.6 is 11.3 Å². The van der Waals surface area contributed by atoms with E-state index >= 15 is 0 Å². The summed E-state index contributed by atoms with van der Waals surface area (Å²) >= 11 is 1.53. The molecule has 2 saturated heterocycles. The third-order valence-corrected chi connectivity index (χ3v) is 6.79. The molecule has 2 aliphatic heterocycles. The molecule has 0 saturated carbocycles. The van der Waals surface area contributed by atoms with Gasteiger partial charge in [0.25, 0.3) is 5.91 Å². The lowest BCUT2D eigenvalue weighted by Gasteiger charge is -2.29. The summed E-state index contributed by atoms with van der Waals surface area (Å²) in [6.45, 7) is 1.97. The fourth-order valence-electron chi connectivity index (χ4n) is 4.30. The van der Waals surface area contributed by atoms with Crippen molar-refractivity contribution < 1.29 is 24.0 Å². The molecule has 1 aromatic heterocycles. The number of nitrogens with zero attached hydrogens (tertiary/aromatic N) is 2. The Bertz CT molecular complexity index is 1190. The largest absolute Gasteiger partial charge is 0.465 e. The van der Waals surface area contributed by atoms with Crippen molar-refractivity contribution in [3.63, 3.8) is 0 Å². The molecule has 162 valence electrons. The second-order valence-corrected chi connectivity index (χ2v) is 8.65. The van der Waals surface area contributed by atoms with E-state index in [4.69, 9.17) is 9.57 Å². The Hall–Kier alpha value is -3.49. The predicted octanol–water partition coefficient (Wildman–Crippen LogP) is 3.89. The first-order chi connectivity index (χ1) is 15.5. The third-order valence-electron chi connectivity index (χ3n) is 5.85. The van der Waals surface area contributed by atoms with Crippen LogP contribution in [0.4, 0.5) is 11.4 Å². The van der Waals surface area contributed by atoms with Crippen LogP contribution in [-0.2, 0) is 19.2 Å². The van der Waals surface area contributed by atoms with Gasteiger partial charge in [0.05, 0.1) is 24.0 Å². The number of thiophene rings is 1. The van der Waals surface area contributed by atoms with Gasteiger partial charge in [0.1, 0.15) is 12.0 Å². The zero-order valence-corrected chi connectivity index (χ0v) is 18.2. The van der Waals surface area contributed by atoms with Crippen molar-refractivity contribution in [3.8, 4) is 0 Å². The lowest BCUT2D eigenvalue weighted by atomic mass is 9.95. The highest BCUT2D eigenvalue weighted by Gasteiger charge is 2.60. The lowest BCUT2D eigenvalue weighted by molar-refractivity contribution is -0.126. The molecule has 2 aliphatic rings. The van der Waals surface area contributed by atoms with Crippen molar-refractivity contribution in [1.29, 1.82) is 0 Å². The van der Waals surface area contributed by atoms with E-state index in [9.17, 15) is 14.4 Å². The minimum Gasteiger partial charge on any atom is -0.465 e. The fourth-order valence-corrected chi connectivity index (χ4v) is 5.15. The Morgan fingerprint density at radius 1 is 1.00 bits per heavy atom. The number of hydroxylamine groups is 1. The fraction of sp³-hybridized carbons (Fsp3) is 0.208. The van der Waals surface area contributed by atoms with Crippen LogP contribution in [0.15, 0.2) is 66.0 Å². The Morgan fingerprint density at radius 3 is 2.41 bits per heavy atom. The number of rotatable bonds is 4. The van der Waals surface area contributed by atoms with E-state index < -0.39 is 29.9 Å². The van der Waals surface area contributed by atoms with Gasteiger partial charge < -0.3 is 4.74 Å². The van der Waals surface area contributed by atoms with E-state index in [2.05, 4.69) is 0 Å². The van der Waals surface area contributed by atoms with Gasteiger partial charge in [-0.15, -0.1) is 11.3 Å². The SMILES string of the molecule is COC(=O)c1ccc(N2C(=O)[C@H]3[C@@H](ON(c4ccccc4C)[C@H]3c3cccs3)C2=O)cc1. The number of fused-ring (bicyclic) bond motifs is 1. The molecule has 0 unspecified atom stereocenters. The number of carbonyl (C=O) groups excluding carboxylic acids is 3. The molecule has 0 bridgehead atoms. The minimum absolute atomic E-state index is 0.319. The summed E-state index contributed by atoms with van der Waals surface area (Å²) in [4.78, 5) is 46.8. The van der Waals surface area contributed by atoms with E-state index in [-0.39, 0.29) is 5.91 Å². The number of aryl methyl sites for hydroxylation is 1.